The second-order valence-electron chi connectivity index (χ2n) is 24.2. The predicted octanol–water partition coefficient (Wildman–Crippen LogP) is 17.6. The summed E-state index contributed by atoms with van der Waals surface area (Å²) in [7, 11) is -7.64. The molecule has 107 heavy (non-hydrogen) atoms. The van der Waals surface area contributed by atoms with Crippen molar-refractivity contribution in [2.24, 2.45) is 0 Å². The van der Waals surface area contributed by atoms with Crippen LogP contribution in [0.3, 0.4) is 0 Å². The van der Waals surface area contributed by atoms with Crippen molar-refractivity contribution in [2.75, 3.05) is 35.5 Å². The first-order valence-corrected chi connectivity index (χ1v) is 41.0. The number of sulfonamides is 2. The fourth-order valence-corrected chi connectivity index (χ4v) is 21.3. The molecule has 546 valence electrons. The molecule has 0 aromatic heterocycles. The molecular weight excluding hydrogens is 1530 g/mol. The van der Waals surface area contributed by atoms with E-state index in [0.29, 0.717) is 54.1 Å². The topological polar surface area (TPSA) is 182 Å². The minimum atomic E-state index is -4.14. The molecule has 0 aliphatic carbocycles. The largest absolute Gasteiger partial charge is 1.00 e. The van der Waals surface area contributed by atoms with E-state index in [1.165, 1.54) is 12.1 Å². The van der Waals surface area contributed by atoms with Gasteiger partial charge in [0.2, 0.25) is 10.0 Å². The summed E-state index contributed by atoms with van der Waals surface area (Å²) >= 11 is 16.1. The first-order chi connectivity index (χ1) is 50.9. The van der Waals surface area contributed by atoms with Crippen LogP contribution in [0.2, 0.25) is 10.0 Å². The van der Waals surface area contributed by atoms with Crippen LogP contribution in [-0.2, 0) is 29.2 Å². The number of hydrogen-bond donors (Lipinski definition) is 1. The van der Waals surface area contributed by atoms with Gasteiger partial charge in [-0.1, -0.05) is 172 Å². The van der Waals surface area contributed by atoms with Gasteiger partial charge in [-0.25, -0.2) is 21.6 Å². The molecule has 0 saturated heterocycles. The van der Waals surface area contributed by atoms with Crippen molar-refractivity contribution >= 4 is 90.0 Å². The smallest absolute Gasteiger partial charge is 0.506 e. The van der Waals surface area contributed by atoms with Crippen molar-refractivity contribution in [3.63, 3.8) is 0 Å². The van der Waals surface area contributed by atoms with Crippen LogP contribution < -0.4 is 72.2 Å². The number of rotatable bonds is 19. The number of fused-ring (bicyclic) bond motifs is 1. The molecule has 12 aromatic rings. The fraction of sp³-hybridized carbons (Fsp3) is 0.143. The van der Waals surface area contributed by atoms with Crippen molar-refractivity contribution in [1.29, 1.82) is 0 Å². The molecule has 1 aliphatic heterocycles. The minimum Gasteiger partial charge on any atom is -0.506 e. The number of halogens is 3. The van der Waals surface area contributed by atoms with Gasteiger partial charge in [-0.3, -0.25) is 9.13 Å². The summed E-state index contributed by atoms with van der Waals surface area (Å²) in [5.74, 6) is 4.44. The Hall–Kier alpha value is -8.82. The Morgan fingerprint density at radius 3 is 1.58 bits per heavy atom. The molecule has 1 heterocycles. The first kappa shape index (κ1) is 82.2. The molecule has 12 aromatic carbocycles. The summed E-state index contributed by atoms with van der Waals surface area (Å²) < 4.78 is 128. The van der Waals surface area contributed by atoms with Gasteiger partial charge in [0.25, 0.3) is 10.0 Å². The molecule has 0 radical (unpaired) electrons. The van der Waals surface area contributed by atoms with Gasteiger partial charge in [0.15, 0.2) is 0 Å². The summed E-state index contributed by atoms with van der Waals surface area (Å²) in [5.41, 5.74) is 9.27. The van der Waals surface area contributed by atoms with E-state index in [9.17, 15) is 21.4 Å². The Morgan fingerprint density at radius 1 is 0.533 bits per heavy atom. The van der Waals surface area contributed by atoms with E-state index in [0.717, 1.165) is 76.1 Å². The van der Waals surface area contributed by atoms with Crippen molar-refractivity contribution in [3.05, 3.63) is 321 Å². The van der Waals surface area contributed by atoms with Crippen molar-refractivity contribution < 1.29 is 77.6 Å². The second-order valence-corrected chi connectivity index (χ2v) is 34.2. The Kier molecular flexibility index (Phi) is 28.3. The molecule has 0 fully saturated rings. The molecule has 0 saturated carbocycles. The third-order valence-electron chi connectivity index (χ3n) is 17.2. The maximum Gasteiger partial charge on any atom is 1.00 e. The van der Waals surface area contributed by atoms with Gasteiger partial charge in [-0.05, 0) is 173 Å². The summed E-state index contributed by atoms with van der Waals surface area (Å²) in [6.45, 7) is 9.13. The van der Waals surface area contributed by atoms with Gasteiger partial charge in [0, 0.05) is 48.4 Å². The zero-order chi connectivity index (χ0) is 75.9. The average molecular weight is 1610 g/mol. The van der Waals surface area contributed by atoms with Gasteiger partial charge in [-0.2, -0.15) is 0 Å². The van der Waals surface area contributed by atoms with Crippen molar-refractivity contribution in [1.82, 2.24) is 8.80 Å². The molecule has 4 atom stereocenters. The monoisotopic (exact) mass is 1600 g/mol. The van der Waals surface area contributed by atoms with Crippen LogP contribution in [0.15, 0.2) is 287 Å². The van der Waals surface area contributed by atoms with E-state index in [1.54, 1.807) is 171 Å². The normalized spacial score (nSPS) is 14.6. The Morgan fingerprint density at radius 2 is 1.02 bits per heavy atom. The van der Waals surface area contributed by atoms with Gasteiger partial charge in [0.1, 0.15) is 28.7 Å². The number of nitrogens with zero attached hydrogens (tertiary/aromatic N) is 1. The van der Waals surface area contributed by atoms with Gasteiger partial charge in [-0.15, -0.1) is 40.0 Å². The number of methoxy groups -OCH3 is 5. The van der Waals surface area contributed by atoms with Crippen LogP contribution in [0.5, 0.6) is 40.2 Å². The van der Waals surface area contributed by atoms with Crippen molar-refractivity contribution in [2.45, 2.75) is 56.5 Å². The molecule has 1 N–H and O–H groups in total. The fourth-order valence-electron chi connectivity index (χ4n) is 12.0. The molecule has 0 amide bonds. The Bertz CT molecular complexity index is 5350. The first-order valence-electron chi connectivity index (χ1n) is 33.3. The molecule has 0 spiro atoms. The van der Waals surface area contributed by atoms with Crippen LogP contribution in [-0.4, -0.2) is 56.5 Å². The zero-order valence-corrected chi connectivity index (χ0v) is 67.3. The molecule has 0 unspecified atom stereocenters. The van der Waals surface area contributed by atoms with Crippen LogP contribution in [0, 0.1) is 26.8 Å². The maximum absolute atomic E-state index is 15.5. The van der Waals surface area contributed by atoms with Crippen LogP contribution in [0.4, 0.5) is 0 Å². The Labute approximate surface area is 658 Å². The standard InChI is InChI=1S/C35H33ClNO5PS.C21H19ClNO4PS.C14H13BrO2.C14H13O2.Li/c1-24-17-20-29(21-18-24)44(39,40)37-26(3)31-23-27(36)19-22-32(31)42-43(38,28-12-6-5-7-13-28)34-16-9-8-14-30(34)35-25(2)11-10-15-33(35)41-4;1-15-8-11-19(12-9-15)29(25,26)23-16(2)20-14-17(22)10-13-21(20)27-28(23,24)18-6-4-3-5-7-18;1-16-12-8-5-9-13(17-2)14(12)10-6-3-4-7-11(10)15;1-15-12-9-6-10-13(16-2)14(12)11-7-4-3-5-8-11;/h5-23,26,37H,1-4H3;3-14,16H,1-2H3;3-9H,1-2H3;3-7,9-10H,1-2H3;/q;;;-1;+1/t26-,43+;16-,28-;;;/m11.../s1. The average Bonchev–Trinajstić information content (AvgIpc) is 0.723. The summed E-state index contributed by atoms with van der Waals surface area (Å²) in [4.78, 5) is 0.190. The van der Waals surface area contributed by atoms with E-state index in [4.69, 9.17) is 55.9 Å². The molecule has 15 nitrogen and oxygen atoms in total. The third kappa shape index (κ3) is 18.8. The summed E-state index contributed by atoms with van der Waals surface area (Å²) in [6.07, 6.45) is 0. The van der Waals surface area contributed by atoms with Crippen LogP contribution >= 0.6 is 54.0 Å². The number of aryl methyl sites for hydroxylation is 3. The zero-order valence-electron chi connectivity index (χ0n) is 60.7. The number of ether oxygens (including phenoxy) is 5. The van der Waals surface area contributed by atoms with Gasteiger partial charge >= 0.3 is 33.7 Å². The SMILES string of the molecule is COc1cccc(C)c1-c1ccccc1[P@@](=O)(Oc1ccc(Cl)cc1[C@@H](C)NS(=O)(=O)c1ccc(C)cc1)c1ccccc1.COc1cccc(OC)c1-c1[c-]cccc1.COc1cccc(OC)c1-c1ccccc1Br.Cc1ccc(S(=O)(=O)N2[C@H](C)c3cc(Cl)ccc3O[P@]2(=O)c2ccccc2)cc1.[Li+]. The molecular formula is C84H78BrCl2LiN2O13P2S2. The van der Waals surface area contributed by atoms with E-state index in [-0.39, 0.29) is 34.4 Å². The van der Waals surface area contributed by atoms with E-state index >= 15 is 4.57 Å². The van der Waals surface area contributed by atoms with Crippen LogP contribution in [0.1, 0.15) is 53.7 Å². The summed E-state index contributed by atoms with van der Waals surface area (Å²) in [6, 6.07) is 82.4. The number of hydrogen-bond acceptors (Lipinski definition) is 13. The van der Waals surface area contributed by atoms with E-state index in [2.05, 4.69) is 26.7 Å². The predicted molar refractivity (Wildman–Crippen MR) is 429 cm³/mol. The quantitative estimate of drug-likeness (QED) is 0.0459. The number of nitrogens with one attached hydrogen (secondary N) is 1. The molecule has 13 rings (SSSR count). The molecule has 23 heteroatoms. The maximum atomic E-state index is 15.5. The Balaban J connectivity index is 0.000000179. The van der Waals surface area contributed by atoms with E-state index in [1.807, 2.05) is 160 Å². The van der Waals surface area contributed by atoms with Crippen LogP contribution in [0.25, 0.3) is 33.4 Å². The summed E-state index contributed by atoms with van der Waals surface area (Å²) in [5, 5.41) is 2.10. The van der Waals surface area contributed by atoms with Gasteiger partial charge in [0.05, 0.1) is 84.4 Å². The second kappa shape index (κ2) is 36.9. The van der Waals surface area contributed by atoms with Gasteiger partial charge < -0.3 is 32.7 Å². The molecule has 1 aliphatic rings. The molecule has 0 bridgehead atoms. The van der Waals surface area contributed by atoms with Crippen molar-refractivity contribution in [3.8, 4) is 73.6 Å². The third-order valence-corrected chi connectivity index (χ3v) is 27.6. The van der Waals surface area contributed by atoms with E-state index < -0.39 is 47.0 Å². The number of benzene rings is 12. The minimum absolute atomic E-state index is 0.